The molecule has 3 aromatic rings. The molecule has 1 aliphatic rings. The molecule has 1 aliphatic heterocycles. The summed E-state index contributed by atoms with van der Waals surface area (Å²) >= 11 is 0. The van der Waals surface area contributed by atoms with Crippen LogP contribution in [0.5, 0.6) is 0 Å². The molecule has 0 bridgehead atoms. The van der Waals surface area contributed by atoms with Crippen LogP contribution < -0.4 is 16.3 Å². The van der Waals surface area contributed by atoms with Gasteiger partial charge in [0, 0.05) is 7.05 Å². The van der Waals surface area contributed by atoms with Crippen molar-refractivity contribution in [1.82, 2.24) is 18.7 Å². The number of aryl methyl sites for hydroxylation is 2. The predicted molar refractivity (Wildman–Crippen MR) is 120 cm³/mol. The first-order chi connectivity index (χ1) is 14.6. The van der Waals surface area contributed by atoms with Crippen LogP contribution in [0.15, 0.2) is 39.0 Å². The Kier molecular flexibility index (Phi) is 4.91. The first-order valence-electron chi connectivity index (χ1n) is 10.2. The van der Waals surface area contributed by atoms with Gasteiger partial charge in [-0.15, -0.1) is 0 Å². The minimum atomic E-state index is -0.552. The molecule has 162 valence electrons. The average Bonchev–Trinajstić information content (AvgIpc) is 3.14. The van der Waals surface area contributed by atoms with Gasteiger partial charge in [0.15, 0.2) is 16.9 Å². The van der Waals surface area contributed by atoms with E-state index >= 15 is 0 Å². The Bertz CT molecular complexity index is 1360. The fourth-order valence-electron chi connectivity index (χ4n) is 3.87. The molecule has 9 heteroatoms. The van der Waals surface area contributed by atoms with Crippen molar-refractivity contribution in [1.29, 1.82) is 0 Å². The van der Waals surface area contributed by atoms with Gasteiger partial charge in [0.25, 0.3) is 5.56 Å². The van der Waals surface area contributed by atoms with Crippen LogP contribution in [0.4, 0.5) is 5.95 Å². The predicted octanol–water partition coefficient (Wildman–Crippen LogP) is 1.99. The molecule has 0 saturated carbocycles. The Hall–Kier alpha value is -3.49. The van der Waals surface area contributed by atoms with Crippen molar-refractivity contribution >= 4 is 28.6 Å². The van der Waals surface area contributed by atoms with Crippen molar-refractivity contribution in [3.63, 3.8) is 0 Å². The Morgan fingerprint density at radius 3 is 2.52 bits per heavy atom. The standard InChI is InChI=1S/C22H26N6O3/c1-12-9-7-8-10-17(12)11-26-20(30)18-19(25(6)22(26)31)23-21-27(18)14(3)13(2)24-28(21)15(4)16(5)29/h7-10,14-15H,11H2,1-6H3. The lowest BCUT2D eigenvalue weighted by molar-refractivity contribution is -0.118. The van der Waals surface area contributed by atoms with Gasteiger partial charge in [-0.1, -0.05) is 24.3 Å². The number of rotatable bonds is 4. The molecule has 2 atom stereocenters. The van der Waals surface area contributed by atoms with Crippen LogP contribution in [0.1, 0.15) is 44.9 Å². The van der Waals surface area contributed by atoms with Crippen LogP contribution in [0, 0.1) is 6.92 Å². The first-order valence-corrected chi connectivity index (χ1v) is 10.2. The monoisotopic (exact) mass is 422 g/mol. The molecular formula is C22H26N6O3. The van der Waals surface area contributed by atoms with Crippen LogP contribution in [0.2, 0.25) is 0 Å². The zero-order chi connectivity index (χ0) is 22.6. The van der Waals surface area contributed by atoms with E-state index in [0.717, 1.165) is 16.8 Å². The lowest BCUT2D eigenvalue weighted by atomic mass is 10.1. The van der Waals surface area contributed by atoms with Crippen molar-refractivity contribution in [2.24, 2.45) is 12.1 Å². The molecule has 3 heterocycles. The van der Waals surface area contributed by atoms with E-state index in [0.29, 0.717) is 11.5 Å². The summed E-state index contributed by atoms with van der Waals surface area (Å²) in [5, 5.41) is 6.09. The number of hydrogen-bond acceptors (Lipinski definition) is 6. The maximum Gasteiger partial charge on any atom is 0.332 e. The highest BCUT2D eigenvalue weighted by Gasteiger charge is 2.33. The number of hydrazone groups is 1. The Labute approximate surface area is 179 Å². The number of aromatic nitrogens is 4. The Morgan fingerprint density at radius 2 is 1.87 bits per heavy atom. The van der Waals surface area contributed by atoms with Gasteiger partial charge in [-0.05, 0) is 45.7 Å². The number of carbonyl (C=O) groups excluding carboxylic acids is 1. The van der Waals surface area contributed by atoms with E-state index in [9.17, 15) is 14.4 Å². The molecule has 0 amide bonds. The molecule has 2 unspecified atom stereocenters. The Balaban J connectivity index is 2.01. The van der Waals surface area contributed by atoms with Gasteiger partial charge < -0.3 is 0 Å². The molecule has 0 saturated heterocycles. The van der Waals surface area contributed by atoms with Crippen LogP contribution in [-0.4, -0.2) is 36.2 Å². The second kappa shape index (κ2) is 7.33. The second-order valence-electron chi connectivity index (χ2n) is 8.16. The summed E-state index contributed by atoms with van der Waals surface area (Å²) in [6, 6.07) is 6.88. The van der Waals surface area contributed by atoms with E-state index < -0.39 is 17.3 Å². The van der Waals surface area contributed by atoms with Crippen LogP contribution in [-0.2, 0) is 18.4 Å². The van der Waals surface area contributed by atoms with E-state index in [-0.39, 0.29) is 24.0 Å². The summed E-state index contributed by atoms with van der Waals surface area (Å²) in [6.45, 7) is 9.14. The summed E-state index contributed by atoms with van der Waals surface area (Å²) < 4.78 is 4.42. The molecule has 1 aromatic carbocycles. The quantitative estimate of drug-likeness (QED) is 0.641. The number of benzene rings is 1. The fraction of sp³-hybridized carbons (Fsp3) is 0.409. The van der Waals surface area contributed by atoms with Crippen molar-refractivity contribution < 1.29 is 4.79 Å². The molecule has 9 nitrogen and oxygen atoms in total. The number of anilines is 1. The SMILES string of the molecule is CC(=O)C(C)N1N=C(C)C(C)n2c1nc1c2c(=O)n(Cc2ccccc2C)c(=O)n1C. The number of carbonyl (C=O) groups is 1. The number of Topliss-reactive ketones (excluding diaryl/α,β-unsaturated/α-hetero) is 1. The summed E-state index contributed by atoms with van der Waals surface area (Å²) in [7, 11) is 1.61. The van der Waals surface area contributed by atoms with Crippen LogP contribution in [0.25, 0.3) is 11.2 Å². The topological polar surface area (TPSA) is 94.5 Å². The summed E-state index contributed by atoms with van der Waals surface area (Å²) in [5.74, 6) is 0.312. The van der Waals surface area contributed by atoms with Crippen molar-refractivity contribution in [3.05, 3.63) is 56.2 Å². The smallest absolute Gasteiger partial charge is 0.298 e. The van der Waals surface area contributed by atoms with E-state index in [1.165, 1.54) is 21.1 Å². The summed E-state index contributed by atoms with van der Waals surface area (Å²) in [5.41, 5.74) is 2.42. The first kappa shape index (κ1) is 20.8. The third-order valence-electron chi connectivity index (χ3n) is 6.16. The fourth-order valence-corrected chi connectivity index (χ4v) is 3.87. The molecule has 0 fully saturated rings. The molecular weight excluding hydrogens is 396 g/mol. The maximum absolute atomic E-state index is 13.6. The number of nitrogens with zero attached hydrogens (tertiary/aromatic N) is 6. The second-order valence-corrected chi connectivity index (χ2v) is 8.16. The minimum Gasteiger partial charge on any atom is -0.298 e. The maximum atomic E-state index is 13.6. The van der Waals surface area contributed by atoms with Gasteiger partial charge >= 0.3 is 5.69 Å². The van der Waals surface area contributed by atoms with E-state index in [1.54, 1.807) is 18.5 Å². The van der Waals surface area contributed by atoms with Gasteiger partial charge in [0.05, 0.1) is 18.3 Å². The van der Waals surface area contributed by atoms with Gasteiger partial charge in [0.1, 0.15) is 6.04 Å². The molecule has 0 spiro atoms. The van der Waals surface area contributed by atoms with Crippen molar-refractivity contribution in [3.8, 4) is 0 Å². The molecule has 0 radical (unpaired) electrons. The van der Waals surface area contributed by atoms with Gasteiger partial charge in [-0.3, -0.25) is 23.3 Å². The van der Waals surface area contributed by atoms with Gasteiger partial charge in [-0.25, -0.2) is 9.80 Å². The average molecular weight is 422 g/mol. The molecule has 0 aliphatic carbocycles. The van der Waals surface area contributed by atoms with E-state index in [1.807, 2.05) is 45.0 Å². The highest BCUT2D eigenvalue weighted by molar-refractivity contribution is 5.93. The third-order valence-corrected chi connectivity index (χ3v) is 6.16. The number of hydrogen-bond donors (Lipinski definition) is 0. The molecule has 4 rings (SSSR count). The molecule has 0 N–H and O–H groups in total. The Morgan fingerprint density at radius 1 is 1.19 bits per heavy atom. The number of fused-ring (bicyclic) bond motifs is 3. The van der Waals surface area contributed by atoms with E-state index in [4.69, 9.17) is 0 Å². The van der Waals surface area contributed by atoms with Crippen LogP contribution >= 0.6 is 0 Å². The minimum absolute atomic E-state index is 0.0736. The van der Waals surface area contributed by atoms with Gasteiger partial charge in [-0.2, -0.15) is 10.1 Å². The zero-order valence-corrected chi connectivity index (χ0v) is 18.6. The lowest BCUT2D eigenvalue weighted by Crippen LogP contribution is -2.42. The number of imidazole rings is 1. The third kappa shape index (κ3) is 3.11. The lowest BCUT2D eigenvalue weighted by Gasteiger charge is -2.31. The largest absolute Gasteiger partial charge is 0.332 e. The van der Waals surface area contributed by atoms with Crippen LogP contribution in [0.3, 0.4) is 0 Å². The highest BCUT2D eigenvalue weighted by Crippen LogP contribution is 2.31. The zero-order valence-electron chi connectivity index (χ0n) is 18.6. The molecule has 31 heavy (non-hydrogen) atoms. The van der Waals surface area contributed by atoms with Gasteiger partial charge in [0.2, 0.25) is 5.95 Å². The number of ketones is 1. The normalized spacial score (nSPS) is 16.9. The van der Waals surface area contributed by atoms with Crippen molar-refractivity contribution in [2.75, 3.05) is 5.01 Å². The molecule has 2 aromatic heterocycles. The van der Waals surface area contributed by atoms with E-state index in [2.05, 4.69) is 10.1 Å². The summed E-state index contributed by atoms with van der Waals surface area (Å²) in [4.78, 5) is 43.3. The van der Waals surface area contributed by atoms with Crippen molar-refractivity contribution in [2.45, 2.75) is 53.2 Å². The summed E-state index contributed by atoms with van der Waals surface area (Å²) in [6.07, 6.45) is 0. The highest BCUT2D eigenvalue weighted by atomic mass is 16.2.